The van der Waals surface area contributed by atoms with Crippen LogP contribution in [-0.2, 0) is 10.2 Å². The predicted octanol–water partition coefficient (Wildman–Crippen LogP) is 3.01. The molecule has 3 nitrogen and oxygen atoms in total. The number of thiophene rings is 1. The lowest BCUT2D eigenvalue weighted by molar-refractivity contribution is -0.122. The molecule has 1 amide bonds. The van der Waals surface area contributed by atoms with E-state index in [1.807, 2.05) is 35.0 Å². The zero-order valence-electron chi connectivity index (χ0n) is 11.3. The summed E-state index contributed by atoms with van der Waals surface area (Å²) in [5.41, 5.74) is 1.61. The molecular weight excluding hydrogens is 268 g/mol. The summed E-state index contributed by atoms with van der Waals surface area (Å²) >= 11 is 1.60. The van der Waals surface area contributed by atoms with Gasteiger partial charge in [-0.2, -0.15) is 11.3 Å². The van der Waals surface area contributed by atoms with Crippen LogP contribution in [0.4, 0.5) is 5.69 Å². The molecule has 2 heterocycles. The highest BCUT2D eigenvalue weighted by molar-refractivity contribution is 7.08. The Morgan fingerprint density at radius 1 is 1.15 bits per heavy atom. The van der Waals surface area contributed by atoms with E-state index in [1.165, 1.54) is 0 Å². The van der Waals surface area contributed by atoms with E-state index in [0.29, 0.717) is 0 Å². The summed E-state index contributed by atoms with van der Waals surface area (Å²) in [6, 6.07) is 12.1. The Balaban J connectivity index is 1.91. The topological polar surface area (TPSA) is 41.1 Å². The van der Waals surface area contributed by atoms with Gasteiger partial charge in [0.2, 0.25) is 5.91 Å². The second-order valence-electron chi connectivity index (χ2n) is 5.16. The highest BCUT2D eigenvalue weighted by Crippen LogP contribution is 2.35. The first kappa shape index (κ1) is 13.3. The van der Waals surface area contributed by atoms with Gasteiger partial charge in [0.1, 0.15) is 0 Å². The minimum atomic E-state index is -0.408. The molecule has 0 spiro atoms. The third kappa shape index (κ3) is 2.49. The lowest BCUT2D eigenvalue weighted by atomic mass is 9.72. The summed E-state index contributed by atoms with van der Waals surface area (Å²) in [6.45, 7) is 1.76. The number of nitrogens with one attached hydrogen (secondary N) is 2. The normalized spacial score (nSPS) is 17.6. The maximum absolute atomic E-state index is 12.9. The van der Waals surface area contributed by atoms with E-state index in [2.05, 4.69) is 22.8 Å². The molecule has 0 radical (unpaired) electrons. The number of carbonyl (C=O) groups excluding carboxylic acids is 1. The fraction of sp³-hybridized carbons (Fsp3) is 0.312. The Labute approximate surface area is 123 Å². The lowest BCUT2D eigenvalue weighted by Gasteiger charge is -2.36. The van der Waals surface area contributed by atoms with E-state index < -0.39 is 5.41 Å². The molecule has 20 heavy (non-hydrogen) atoms. The largest absolute Gasteiger partial charge is 0.325 e. The van der Waals surface area contributed by atoms with Crippen LogP contribution in [0.15, 0.2) is 47.2 Å². The van der Waals surface area contributed by atoms with E-state index in [1.54, 1.807) is 11.3 Å². The van der Waals surface area contributed by atoms with Crippen LogP contribution in [-0.4, -0.2) is 19.0 Å². The van der Waals surface area contributed by atoms with Crippen LogP contribution in [0.5, 0.6) is 0 Å². The number of amides is 1. The van der Waals surface area contributed by atoms with Crippen molar-refractivity contribution in [3.05, 3.63) is 52.7 Å². The van der Waals surface area contributed by atoms with Crippen molar-refractivity contribution in [1.29, 1.82) is 0 Å². The standard InChI is InChI=1S/C16H18N2OS/c19-15(18-14-6-11-20-12-14)16(7-9-17-10-8-16)13-4-2-1-3-5-13/h1-6,11-12,17H,7-10H2,(H,18,19). The van der Waals surface area contributed by atoms with E-state index >= 15 is 0 Å². The minimum absolute atomic E-state index is 0.114. The highest BCUT2D eigenvalue weighted by atomic mass is 32.1. The van der Waals surface area contributed by atoms with Crippen molar-refractivity contribution in [1.82, 2.24) is 5.32 Å². The van der Waals surface area contributed by atoms with Crippen LogP contribution in [0.2, 0.25) is 0 Å². The molecule has 1 aliphatic heterocycles. The number of piperidine rings is 1. The molecule has 1 aromatic heterocycles. The minimum Gasteiger partial charge on any atom is -0.325 e. The van der Waals surface area contributed by atoms with Gasteiger partial charge >= 0.3 is 0 Å². The molecule has 2 aromatic rings. The maximum atomic E-state index is 12.9. The van der Waals surface area contributed by atoms with Crippen LogP contribution >= 0.6 is 11.3 Å². The van der Waals surface area contributed by atoms with E-state index in [9.17, 15) is 4.79 Å². The van der Waals surface area contributed by atoms with Gasteiger partial charge in [-0.3, -0.25) is 4.79 Å². The van der Waals surface area contributed by atoms with Crippen molar-refractivity contribution in [2.75, 3.05) is 18.4 Å². The summed E-state index contributed by atoms with van der Waals surface area (Å²) < 4.78 is 0. The van der Waals surface area contributed by atoms with Crippen LogP contribution < -0.4 is 10.6 Å². The van der Waals surface area contributed by atoms with E-state index in [0.717, 1.165) is 37.2 Å². The average molecular weight is 286 g/mol. The zero-order chi connectivity index (χ0) is 13.8. The molecule has 0 unspecified atom stereocenters. The average Bonchev–Trinajstić information content (AvgIpc) is 3.02. The van der Waals surface area contributed by atoms with Gasteiger partial charge in [-0.25, -0.2) is 0 Å². The summed E-state index contributed by atoms with van der Waals surface area (Å²) in [5.74, 6) is 0.114. The number of anilines is 1. The van der Waals surface area contributed by atoms with Crippen LogP contribution in [0.3, 0.4) is 0 Å². The molecular formula is C16H18N2OS. The Morgan fingerprint density at radius 2 is 1.90 bits per heavy atom. The lowest BCUT2D eigenvalue weighted by Crippen LogP contribution is -2.48. The third-order valence-corrected chi connectivity index (χ3v) is 4.68. The number of carbonyl (C=O) groups is 1. The zero-order valence-corrected chi connectivity index (χ0v) is 12.1. The third-order valence-electron chi connectivity index (χ3n) is 4.00. The predicted molar refractivity (Wildman–Crippen MR) is 83.2 cm³/mol. The molecule has 1 saturated heterocycles. The van der Waals surface area contributed by atoms with Crippen molar-refractivity contribution in [2.24, 2.45) is 0 Å². The SMILES string of the molecule is O=C(Nc1ccsc1)C1(c2ccccc2)CCNCC1. The summed E-state index contributed by atoms with van der Waals surface area (Å²) in [5, 5.41) is 10.4. The number of hydrogen-bond acceptors (Lipinski definition) is 3. The van der Waals surface area contributed by atoms with Gasteiger partial charge in [0.25, 0.3) is 0 Å². The molecule has 1 aliphatic rings. The fourth-order valence-electron chi connectivity index (χ4n) is 2.84. The number of hydrogen-bond donors (Lipinski definition) is 2. The second kappa shape index (κ2) is 5.77. The first-order valence-electron chi connectivity index (χ1n) is 6.91. The molecule has 0 saturated carbocycles. The van der Waals surface area contributed by atoms with Gasteiger partial charge in [0.05, 0.1) is 11.1 Å². The molecule has 2 N–H and O–H groups in total. The molecule has 4 heteroatoms. The Bertz CT molecular complexity index is 559. The smallest absolute Gasteiger partial charge is 0.235 e. The van der Waals surface area contributed by atoms with Crippen molar-refractivity contribution < 1.29 is 4.79 Å². The van der Waals surface area contributed by atoms with Crippen molar-refractivity contribution in [3.63, 3.8) is 0 Å². The van der Waals surface area contributed by atoms with Crippen molar-refractivity contribution >= 4 is 22.9 Å². The molecule has 1 fully saturated rings. The van der Waals surface area contributed by atoms with Crippen LogP contribution in [0, 0.1) is 0 Å². The molecule has 0 bridgehead atoms. The van der Waals surface area contributed by atoms with Gasteiger partial charge in [0, 0.05) is 5.38 Å². The van der Waals surface area contributed by atoms with Gasteiger partial charge in [-0.15, -0.1) is 0 Å². The van der Waals surface area contributed by atoms with E-state index in [4.69, 9.17) is 0 Å². The van der Waals surface area contributed by atoms with E-state index in [-0.39, 0.29) is 5.91 Å². The monoisotopic (exact) mass is 286 g/mol. The molecule has 1 aromatic carbocycles. The van der Waals surface area contributed by atoms with Crippen molar-refractivity contribution in [2.45, 2.75) is 18.3 Å². The summed E-state index contributed by atoms with van der Waals surface area (Å²) in [4.78, 5) is 12.9. The van der Waals surface area contributed by atoms with Gasteiger partial charge in [-0.05, 0) is 42.9 Å². The summed E-state index contributed by atoms with van der Waals surface area (Å²) in [7, 11) is 0. The quantitative estimate of drug-likeness (QED) is 0.910. The molecule has 0 aliphatic carbocycles. The summed E-state index contributed by atoms with van der Waals surface area (Å²) in [6.07, 6.45) is 1.68. The van der Waals surface area contributed by atoms with Crippen LogP contribution in [0.25, 0.3) is 0 Å². The molecule has 3 rings (SSSR count). The Morgan fingerprint density at radius 3 is 2.55 bits per heavy atom. The Kier molecular flexibility index (Phi) is 3.85. The Hall–Kier alpha value is -1.65. The highest BCUT2D eigenvalue weighted by Gasteiger charge is 2.41. The van der Waals surface area contributed by atoms with Crippen LogP contribution in [0.1, 0.15) is 18.4 Å². The van der Waals surface area contributed by atoms with Gasteiger partial charge < -0.3 is 10.6 Å². The first-order valence-corrected chi connectivity index (χ1v) is 7.85. The van der Waals surface area contributed by atoms with Gasteiger partial charge in [0.15, 0.2) is 0 Å². The first-order chi connectivity index (χ1) is 9.81. The maximum Gasteiger partial charge on any atom is 0.235 e. The second-order valence-corrected chi connectivity index (χ2v) is 5.94. The fourth-order valence-corrected chi connectivity index (χ4v) is 3.43. The number of benzene rings is 1. The molecule has 104 valence electrons. The molecule has 0 atom stereocenters. The number of rotatable bonds is 3. The van der Waals surface area contributed by atoms with Crippen molar-refractivity contribution in [3.8, 4) is 0 Å². The van der Waals surface area contributed by atoms with Gasteiger partial charge in [-0.1, -0.05) is 30.3 Å².